The Labute approximate surface area is 396 Å². The van der Waals surface area contributed by atoms with E-state index in [0.29, 0.717) is 64.0 Å². The van der Waals surface area contributed by atoms with E-state index in [-0.39, 0.29) is 12.8 Å². The molecule has 0 aromatic heterocycles. The largest absolute Gasteiger partial charge is 0.490 e. The number of hydrogen-bond acceptors (Lipinski definition) is 8. The molecule has 0 unspecified atom stereocenters. The van der Waals surface area contributed by atoms with E-state index < -0.39 is 11.9 Å². The maximum absolute atomic E-state index is 11.1. The lowest BCUT2D eigenvalue weighted by Crippen LogP contribution is -2.05. The quantitative estimate of drug-likeness (QED) is 0.0328. The number of aliphatic carboxylic acids is 2. The van der Waals surface area contributed by atoms with Crippen LogP contribution in [-0.4, -0.2) is 61.8 Å². The maximum Gasteiger partial charge on any atom is 0.303 e. The third-order valence-electron chi connectivity index (χ3n) is 12.2. The Morgan fingerprint density at radius 1 is 0.303 bits per heavy atom. The highest BCUT2D eigenvalue weighted by Gasteiger charge is 2.21. The van der Waals surface area contributed by atoms with Crippen LogP contribution in [0.2, 0.25) is 0 Å². The fourth-order valence-electron chi connectivity index (χ4n) is 8.37. The molecule has 0 amide bonds. The van der Waals surface area contributed by atoms with Gasteiger partial charge in [-0.3, -0.25) is 9.59 Å². The van der Waals surface area contributed by atoms with Crippen molar-refractivity contribution in [3.8, 4) is 34.5 Å². The molecule has 0 atom stereocenters. The third-order valence-corrected chi connectivity index (χ3v) is 12.2. The van der Waals surface area contributed by atoms with Crippen molar-refractivity contribution in [2.75, 3.05) is 39.6 Å². The van der Waals surface area contributed by atoms with Gasteiger partial charge >= 0.3 is 11.9 Å². The van der Waals surface area contributed by atoms with Gasteiger partial charge in [-0.2, -0.15) is 0 Å². The van der Waals surface area contributed by atoms with Crippen LogP contribution in [0.5, 0.6) is 34.5 Å². The molecule has 4 aromatic carbocycles. The van der Waals surface area contributed by atoms with E-state index in [0.717, 1.165) is 171 Å². The van der Waals surface area contributed by atoms with E-state index in [1.54, 1.807) is 0 Å². The first kappa shape index (κ1) is 54.0. The maximum atomic E-state index is 11.1. The van der Waals surface area contributed by atoms with E-state index in [2.05, 4.69) is 64.1 Å². The number of ether oxygens (including phenoxy) is 6. The van der Waals surface area contributed by atoms with Gasteiger partial charge in [0.05, 0.1) is 39.6 Å². The predicted octanol–water partition coefficient (Wildman–Crippen LogP) is 15.8. The van der Waals surface area contributed by atoms with Crippen molar-refractivity contribution in [3.63, 3.8) is 0 Å². The van der Waals surface area contributed by atoms with Crippen LogP contribution >= 0.6 is 0 Å². The first-order valence-electron chi connectivity index (χ1n) is 26.1. The lowest BCUT2D eigenvalue weighted by molar-refractivity contribution is -0.138. The van der Waals surface area contributed by atoms with Gasteiger partial charge in [-0.25, -0.2) is 0 Å². The minimum Gasteiger partial charge on any atom is -0.490 e. The van der Waals surface area contributed by atoms with E-state index in [4.69, 9.17) is 38.6 Å². The first-order chi connectivity index (χ1) is 32.3. The molecular weight excluding hydrogens is 833 g/mol. The van der Waals surface area contributed by atoms with E-state index in [1.165, 1.54) is 25.7 Å². The number of hydrogen-bond donors (Lipinski definition) is 2. The number of carbonyl (C=O) groups is 2. The number of benzene rings is 4. The monoisotopic (exact) mass is 917 g/mol. The van der Waals surface area contributed by atoms with Crippen LogP contribution in [0.1, 0.15) is 195 Å². The van der Waals surface area contributed by atoms with E-state index >= 15 is 0 Å². The number of carboxylic acids is 2. The molecule has 0 aliphatic heterocycles. The summed E-state index contributed by atoms with van der Waals surface area (Å²) < 4.78 is 39.7. The van der Waals surface area contributed by atoms with Gasteiger partial charge in [0, 0.05) is 12.8 Å². The Hall–Kier alpha value is -4.60. The lowest BCUT2D eigenvalue weighted by Gasteiger charge is -2.21. The van der Waals surface area contributed by atoms with Gasteiger partial charge in [0.1, 0.15) is 0 Å². The van der Waals surface area contributed by atoms with Gasteiger partial charge in [0.2, 0.25) is 0 Å². The highest BCUT2D eigenvalue weighted by molar-refractivity contribution is 6.26. The van der Waals surface area contributed by atoms with Gasteiger partial charge in [-0.1, -0.05) is 130 Å². The Morgan fingerprint density at radius 3 is 0.667 bits per heavy atom. The Kier molecular flexibility index (Phi) is 26.3. The number of fused-ring (bicyclic) bond motifs is 6. The Morgan fingerprint density at radius 2 is 0.485 bits per heavy atom. The van der Waals surface area contributed by atoms with Gasteiger partial charge in [-0.05, 0) is 120 Å². The highest BCUT2D eigenvalue weighted by Crippen LogP contribution is 2.47. The summed E-state index contributed by atoms with van der Waals surface area (Å²) in [5.41, 5.74) is 0. The molecule has 0 spiro atoms. The molecule has 0 heterocycles. The molecule has 66 heavy (non-hydrogen) atoms. The molecule has 0 saturated carbocycles. The normalized spacial score (nSPS) is 11.4. The molecule has 10 heteroatoms. The Bertz CT molecular complexity index is 1870. The summed E-state index contributed by atoms with van der Waals surface area (Å²) in [6.45, 7) is 12.2. The molecule has 368 valence electrons. The van der Waals surface area contributed by atoms with Crippen LogP contribution in [0.4, 0.5) is 0 Å². The molecule has 4 aromatic rings. The zero-order valence-electron chi connectivity index (χ0n) is 41.3. The smallest absolute Gasteiger partial charge is 0.303 e. The molecule has 10 nitrogen and oxygen atoms in total. The van der Waals surface area contributed by atoms with Crippen LogP contribution in [0.3, 0.4) is 0 Å². The van der Waals surface area contributed by atoms with Crippen LogP contribution in [-0.2, 0) is 9.59 Å². The molecule has 0 aliphatic rings. The number of unbranched alkanes of at least 4 members (excludes halogenated alkanes) is 18. The van der Waals surface area contributed by atoms with Crippen molar-refractivity contribution in [2.45, 2.75) is 195 Å². The highest BCUT2D eigenvalue weighted by atomic mass is 16.5. The van der Waals surface area contributed by atoms with Crippen molar-refractivity contribution >= 4 is 44.3 Å². The summed E-state index contributed by atoms with van der Waals surface area (Å²) in [5.74, 6) is 2.74. The van der Waals surface area contributed by atoms with Gasteiger partial charge in [0.25, 0.3) is 0 Å². The van der Waals surface area contributed by atoms with Crippen molar-refractivity contribution in [2.24, 2.45) is 0 Å². The topological polar surface area (TPSA) is 130 Å². The molecule has 0 saturated heterocycles. The second kappa shape index (κ2) is 32.2. The summed E-state index contributed by atoms with van der Waals surface area (Å²) in [6.07, 6.45) is 24.3. The van der Waals surface area contributed by atoms with E-state index in [1.807, 2.05) is 0 Å². The fourth-order valence-corrected chi connectivity index (χ4v) is 8.37. The summed E-state index contributed by atoms with van der Waals surface area (Å²) in [5, 5.41) is 24.3. The molecule has 2 N–H and O–H groups in total. The van der Waals surface area contributed by atoms with Crippen molar-refractivity contribution in [1.82, 2.24) is 0 Å². The van der Waals surface area contributed by atoms with E-state index in [9.17, 15) is 9.59 Å². The minimum atomic E-state index is -0.765. The zero-order chi connectivity index (χ0) is 47.2. The minimum absolute atomic E-state index is 0.176. The average molecular weight is 917 g/mol. The van der Waals surface area contributed by atoms with Crippen molar-refractivity contribution in [1.29, 1.82) is 0 Å². The molecule has 0 aliphatic carbocycles. The van der Waals surface area contributed by atoms with Crippen LogP contribution in [0.15, 0.2) is 36.4 Å². The molecular formula is C56H84O10. The second-order valence-electron chi connectivity index (χ2n) is 18.0. The SMILES string of the molecule is CCCCCCOc1cc2c3cc(OCCCCCC)c(OCCCCCC)cc3c3cc(OCCCCCCC(=O)O)c(OCCCCCCC(=O)O)cc3c2cc1OCCCCCC. The van der Waals surface area contributed by atoms with Crippen LogP contribution < -0.4 is 28.4 Å². The Balaban J connectivity index is 1.90. The summed E-state index contributed by atoms with van der Waals surface area (Å²) in [4.78, 5) is 22.2. The van der Waals surface area contributed by atoms with Crippen LogP contribution in [0, 0.1) is 0 Å². The lowest BCUT2D eigenvalue weighted by atomic mass is 9.93. The summed E-state index contributed by atoms with van der Waals surface area (Å²) in [6, 6.07) is 12.9. The van der Waals surface area contributed by atoms with Gasteiger partial charge < -0.3 is 38.6 Å². The fraction of sp³-hybridized carbons (Fsp3) is 0.643. The van der Waals surface area contributed by atoms with Gasteiger partial charge in [0.15, 0.2) is 34.5 Å². The summed E-state index contributed by atoms with van der Waals surface area (Å²) >= 11 is 0. The second-order valence-corrected chi connectivity index (χ2v) is 18.0. The molecule has 0 bridgehead atoms. The van der Waals surface area contributed by atoms with Crippen molar-refractivity contribution in [3.05, 3.63) is 36.4 Å². The standard InChI is InChI=1S/C56H84O10/c1-5-9-13-23-31-61-49-37-43-44-38-50(62-32-24-14-10-6-2)52(64-34-26-16-12-8-4)40-46(44)48-42-54(66-36-28-20-18-22-30-56(59)60)53(65-35-27-19-17-21-29-55(57)58)41-47(48)45(43)39-51(49)63-33-25-15-11-7-3/h37-42H,5-36H2,1-4H3,(H,57,58)(H,59,60). The summed E-state index contributed by atoms with van der Waals surface area (Å²) in [7, 11) is 0. The molecule has 0 radical (unpaired) electrons. The zero-order valence-corrected chi connectivity index (χ0v) is 41.3. The van der Waals surface area contributed by atoms with Gasteiger partial charge in [-0.15, -0.1) is 0 Å². The molecule has 0 fully saturated rings. The number of rotatable bonds is 40. The first-order valence-corrected chi connectivity index (χ1v) is 26.1. The molecule has 4 rings (SSSR count). The van der Waals surface area contributed by atoms with Crippen molar-refractivity contribution < 1.29 is 48.2 Å². The number of carboxylic acid groups (broad SMARTS) is 2. The third kappa shape index (κ3) is 18.9. The van der Waals surface area contributed by atoms with Crippen LogP contribution in [0.25, 0.3) is 32.3 Å². The average Bonchev–Trinajstić information content (AvgIpc) is 3.30. The predicted molar refractivity (Wildman–Crippen MR) is 270 cm³/mol.